The van der Waals surface area contributed by atoms with Crippen LogP contribution in [0, 0.1) is 11.6 Å². The molecule has 0 unspecified atom stereocenters. The average molecular weight is 680 g/mol. The number of rotatable bonds is 12. The molecule has 3 amide bonds. The van der Waals surface area contributed by atoms with E-state index in [-0.39, 0.29) is 29.7 Å². The van der Waals surface area contributed by atoms with Gasteiger partial charge in [-0.1, -0.05) is 25.5 Å². The molecule has 3 aromatic rings. The Morgan fingerprint density at radius 3 is 2.15 bits per heavy atom. The van der Waals surface area contributed by atoms with E-state index in [1.165, 1.54) is 7.05 Å². The molecule has 1 aliphatic heterocycles. The monoisotopic (exact) mass is 679 g/mol. The molecule has 0 aliphatic carbocycles. The number of ether oxygens (including phenoxy) is 1. The van der Waals surface area contributed by atoms with Crippen molar-refractivity contribution < 1.29 is 31.5 Å². The van der Waals surface area contributed by atoms with Crippen LogP contribution in [0.5, 0.6) is 11.5 Å². The fourth-order valence-electron chi connectivity index (χ4n) is 5.17. The number of halogens is 3. The molecule has 250 valence electrons. The molecule has 1 aliphatic rings. The molecule has 3 N–H and O–H groups in total. The Balaban J connectivity index is 0.00000576. The van der Waals surface area contributed by atoms with E-state index in [4.69, 9.17) is 4.74 Å². The molecular weight excluding hydrogens is 640 g/mol. The van der Waals surface area contributed by atoms with Gasteiger partial charge in [0.05, 0.1) is 17.5 Å². The summed E-state index contributed by atoms with van der Waals surface area (Å²) in [6.45, 7) is 4.77. The third kappa shape index (κ3) is 10.3. The number of sulfonamides is 1. The first kappa shape index (κ1) is 36.5. The Labute approximate surface area is 274 Å². The van der Waals surface area contributed by atoms with Crippen LogP contribution in [0.4, 0.5) is 25.0 Å². The third-order valence-corrected chi connectivity index (χ3v) is 8.11. The number of unbranched alkanes of at least 4 members (excludes halogenated alkanes) is 1. The van der Waals surface area contributed by atoms with Gasteiger partial charge in [-0.2, -0.15) is 0 Å². The molecule has 4 rings (SSSR count). The van der Waals surface area contributed by atoms with Crippen LogP contribution < -0.4 is 20.1 Å². The van der Waals surface area contributed by atoms with Gasteiger partial charge in [-0.05, 0) is 67.3 Å². The van der Waals surface area contributed by atoms with Crippen LogP contribution in [0.3, 0.4) is 0 Å². The maximum atomic E-state index is 14.5. The summed E-state index contributed by atoms with van der Waals surface area (Å²) < 4.78 is 59.7. The number of anilines is 2. The van der Waals surface area contributed by atoms with Crippen LogP contribution in [-0.4, -0.2) is 69.1 Å². The second-order valence-corrected chi connectivity index (χ2v) is 12.8. The fraction of sp³-hybridized carbons (Fsp3) is 0.375. The summed E-state index contributed by atoms with van der Waals surface area (Å²) in [6.07, 6.45) is 4.21. The quantitative estimate of drug-likeness (QED) is 0.210. The van der Waals surface area contributed by atoms with Gasteiger partial charge in [0.1, 0.15) is 23.1 Å². The fourth-order valence-corrected chi connectivity index (χ4v) is 5.73. The van der Waals surface area contributed by atoms with Crippen molar-refractivity contribution in [2.75, 3.05) is 43.0 Å². The number of nitrogens with zero attached hydrogens (tertiary/aromatic N) is 2. The minimum atomic E-state index is -3.35. The summed E-state index contributed by atoms with van der Waals surface area (Å²) in [5.74, 6) is -1.43. The van der Waals surface area contributed by atoms with E-state index < -0.39 is 33.6 Å². The summed E-state index contributed by atoms with van der Waals surface area (Å²) in [5.41, 5.74) is 0.969. The molecule has 0 saturated carbocycles. The summed E-state index contributed by atoms with van der Waals surface area (Å²) in [4.78, 5) is 29.3. The van der Waals surface area contributed by atoms with E-state index in [1.54, 1.807) is 29.2 Å². The predicted octanol–water partition coefficient (Wildman–Crippen LogP) is 6.21. The van der Waals surface area contributed by atoms with Gasteiger partial charge >= 0.3 is 6.03 Å². The van der Waals surface area contributed by atoms with Crippen LogP contribution in [0.2, 0.25) is 0 Å². The Bertz CT molecular complexity index is 1590. The molecule has 10 nitrogen and oxygen atoms in total. The van der Waals surface area contributed by atoms with Crippen LogP contribution in [0.25, 0.3) is 0 Å². The molecule has 0 aromatic heterocycles. The molecule has 1 saturated heterocycles. The lowest BCUT2D eigenvalue weighted by Crippen LogP contribution is -2.49. The maximum Gasteiger partial charge on any atom is 0.322 e. The van der Waals surface area contributed by atoms with E-state index >= 15 is 0 Å². The third-order valence-electron chi connectivity index (χ3n) is 7.50. The van der Waals surface area contributed by atoms with Gasteiger partial charge in [-0.25, -0.2) is 22.0 Å². The topological polar surface area (TPSA) is 120 Å². The van der Waals surface area contributed by atoms with Gasteiger partial charge in [-0.15, -0.1) is 12.4 Å². The maximum absolute atomic E-state index is 14.5. The van der Waals surface area contributed by atoms with E-state index in [1.807, 2.05) is 31.2 Å². The number of carbonyl (C=O) groups excluding carboxylic acids is 2. The highest BCUT2D eigenvalue weighted by Crippen LogP contribution is 2.26. The van der Waals surface area contributed by atoms with Crippen LogP contribution in [-0.2, 0) is 16.6 Å². The highest BCUT2D eigenvalue weighted by Gasteiger charge is 2.28. The molecule has 14 heteroatoms. The molecule has 0 radical (unpaired) electrons. The molecule has 0 spiro atoms. The highest BCUT2D eigenvalue weighted by molar-refractivity contribution is 7.92. The van der Waals surface area contributed by atoms with Crippen molar-refractivity contribution in [3.8, 4) is 11.5 Å². The van der Waals surface area contributed by atoms with Gasteiger partial charge in [0.15, 0.2) is 0 Å². The lowest BCUT2D eigenvalue weighted by Gasteiger charge is -2.38. The second-order valence-electron chi connectivity index (χ2n) is 11.0. The molecule has 46 heavy (non-hydrogen) atoms. The first-order valence-corrected chi connectivity index (χ1v) is 16.7. The standard InChI is InChI=1S/C32H39F2N5O5S.ClH/c1-4-5-16-39(32(41)36-30-19-27(31(40)35-2)28(33)20-29(30)34)24-14-17-38(18-15-24)21-22-6-10-25(11-7-22)44-26-12-8-23(9-13-26)37-45(3,42)43;/h6-13,19-20,24,37H,4-5,14-18,21H2,1-3H3,(H,35,40)(H,36,41);1H. The van der Waals surface area contributed by atoms with Crippen molar-refractivity contribution >= 4 is 45.7 Å². The molecule has 3 aromatic carbocycles. The van der Waals surface area contributed by atoms with E-state index in [0.717, 1.165) is 63.2 Å². The summed E-state index contributed by atoms with van der Waals surface area (Å²) in [5, 5.41) is 4.87. The first-order chi connectivity index (χ1) is 21.5. The zero-order valence-corrected chi connectivity index (χ0v) is 27.6. The van der Waals surface area contributed by atoms with E-state index in [9.17, 15) is 26.8 Å². The summed E-state index contributed by atoms with van der Waals surface area (Å²) in [7, 11) is -2.00. The Kier molecular flexibility index (Phi) is 13.2. The number of hydrogen-bond acceptors (Lipinski definition) is 6. The molecular formula is C32H40ClF2N5O5S. The first-order valence-electron chi connectivity index (χ1n) is 14.8. The van der Waals surface area contributed by atoms with Gasteiger partial charge in [0.2, 0.25) is 10.0 Å². The predicted molar refractivity (Wildman–Crippen MR) is 177 cm³/mol. The largest absolute Gasteiger partial charge is 0.457 e. The number of amides is 3. The lowest BCUT2D eigenvalue weighted by molar-refractivity contribution is 0.0959. The lowest BCUT2D eigenvalue weighted by atomic mass is 10.0. The van der Waals surface area contributed by atoms with Gasteiger partial charge in [0.25, 0.3) is 5.91 Å². The van der Waals surface area contributed by atoms with E-state index in [2.05, 4.69) is 20.3 Å². The SMILES string of the molecule is CCCCN(C(=O)Nc1cc(C(=O)NC)c(F)cc1F)C1CCN(Cc2ccc(Oc3ccc(NS(C)(=O)=O)cc3)cc2)CC1.Cl. The average Bonchev–Trinajstić information content (AvgIpc) is 3.00. The van der Waals surface area contributed by atoms with Gasteiger partial charge in [0, 0.05) is 51.0 Å². The number of hydrogen-bond donors (Lipinski definition) is 3. The summed E-state index contributed by atoms with van der Waals surface area (Å²) >= 11 is 0. The zero-order chi connectivity index (χ0) is 32.6. The number of urea groups is 1. The number of likely N-dealkylation sites (tertiary alicyclic amines) is 1. The van der Waals surface area contributed by atoms with Gasteiger partial charge in [-0.3, -0.25) is 14.4 Å². The Morgan fingerprint density at radius 1 is 0.978 bits per heavy atom. The van der Waals surface area contributed by atoms with Crippen molar-refractivity contribution in [2.24, 2.45) is 0 Å². The van der Waals surface area contributed by atoms with Crippen LogP contribution in [0.15, 0.2) is 60.7 Å². The molecule has 1 heterocycles. The highest BCUT2D eigenvalue weighted by atomic mass is 35.5. The van der Waals surface area contributed by atoms with Crippen molar-refractivity contribution in [1.82, 2.24) is 15.1 Å². The van der Waals surface area contributed by atoms with Crippen molar-refractivity contribution in [1.29, 1.82) is 0 Å². The zero-order valence-electron chi connectivity index (χ0n) is 26.0. The van der Waals surface area contributed by atoms with Crippen molar-refractivity contribution in [2.45, 2.75) is 45.2 Å². The number of carbonyl (C=O) groups is 2. The molecule has 0 bridgehead atoms. The van der Waals surface area contributed by atoms with Crippen molar-refractivity contribution in [3.63, 3.8) is 0 Å². The normalized spacial score (nSPS) is 13.8. The number of benzene rings is 3. The summed E-state index contributed by atoms with van der Waals surface area (Å²) in [6, 6.07) is 15.5. The van der Waals surface area contributed by atoms with Crippen LogP contribution >= 0.6 is 12.4 Å². The second kappa shape index (κ2) is 16.6. The van der Waals surface area contributed by atoms with Crippen molar-refractivity contribution in [3.05, 3.63) is 83.4 Å². The molecule has 1 fully saturated rings. The molecule has 0 atom stereocenters. The minimum Gasteiger partial charge on any atom is -0.457 e. The Morgan fingerprint density at radius 2 is 1.59 bits per heavy atom. The smallest absolute Gasteiger partial charge is 0.322 e. The van der Waals surface area contributed by atoms with Gasteiger partial charge < -0.3 is 20.3 Å². The van der Waals surface area contributed by atoms with Crippen LogP contribution in [0.1, 0.15) is 48.5 Å². The number of nitrogens with one attached hydrogen (secondary N) is 3. The minimum absolute atomic E-state index is 0. The Hall–Kier alpha value is -3.94. The number of piperidine rings is 1. The van der Waals surface area contributed by atoms with E-state index in [0.29, 0.717) is 29.8 Å².